The summed E-state index contributed by atoms with van der Waals surface area (Å²) in [6, 6.07) is 16.1. The third-order valence-electron chi connectivity index (χ3n) is 5.74. The van der Waals surface area contributed by atoms with Gasteiger partial charge in [0.05, 0.1) is 11.9 Å². The molecular weight excluding hydrogens is 378 g/mol. The third-order valence-corrected chi connectivity index (χ3v) is 5.74. The second-order valence-electron chi connectivity index (χ2n) is 8.92. The third kappa shape index (κ3) is 4.76. The number of rotatable bonds is 5. The summed E-state index contributed by atoms with van der Waals surface area (Å²) in [6.45, 7) is 7.48. The minimum absolute atomic E-state index is 0.325. The number of fused-ring (bicyclic) bond motifs is 1. The Morgan fingerprint density at radius 2 is 1.93 bits per heavy atom. The molecule has 0 atom stereocenters. The van der Waals surface area contributed by atoms with Gasteiger partial charge in [-0.05, 0) is 79.6 Å². The van der Waals surface area contributed by atoms with Crippen LogP contribution in [0.5, 0.6) is 0 Å². The van der Waals surface area contributed by atoms with Crippen LogP contribution in [-0.2, 0) is 19.4 Å². The maximum atomic E-state index is 14.1. The predicted molar refractivity (Wildman–Crippen MR) is 118 cm³/mol. The lowest BCUT2D eigenvalue weighted by Crippen LogP contribution is -2.39. The number of hydrogen-bond donors (Lipinski definition) is 0. The highest BCUT2D eigenvalue weighted by molar-refractivity contribution is 5.64. The highest BCUT2D eigenvalue weighted by Crippen LogP contribution is 2.28. The van der Waals surface area contributed by atoms with Crippen LogP contribution in [0.4, 0.5) is 8.78 Å². The first-order chi connectivity index (χ1) is 14.3. The molecule has 0 saturated carbocycles. The van der Waals surface area contributed by atoms with Crippen molar-refractivity contribution in [3.05, 3.63) is 88.4 Å². The average Bonchev–Trinajstić information content (AvgIpc) is 2.69. The van der Waals surface area contributed by atoms with E-state index in [1.54, 1.807) is 19.9 Å². The Kier molecular flexibility index (Phi) is 5.70. The molecule has 0 N–H and O–H groups in total. The van der Waals surface area contributed by atoms with E-state index in [-0.39, 0.29) is 5.82 Å². The van der Waals surface area contributed by atoms with Gasteiger partial charge in [0.2, 0.25) is 0 Å². The lowest BCUT2D eigenvalue weighted by molar-refractivity contribution is 0.116. The molecule has 0 unspecified atom stereocenters. The molecule has 0 bridgehead atoms. The zero-order valence-corrected chi connectivity index (χ0v) is 17.9. The van der Waals surface area contributed by atoms with Crippen molar-refractivity contribution >= 4 is 0 Å². The van der Waals surface area contributed by atoms with Crippen molar-refractivity contribution in [3.63, 3.8) is 0 Å². The van der Waals surface area contributed by atoms with E-state index in [9.17, 15) is 8.78 Å². The van der Waals surface area contributed by atoms with E-state index in [4.69, 9.17) is 0 Å². The Labute approximate surface area is 177 Å². The van der Waals surface area contributed by atoms with Gasteiger partial charge >= 0.3 is 0 Å². The van der Waals surface area contributed by atoms with Crippen LogP contribution in [0, 0.1) is 12.7 Å². The summed E-state index contributed by atoms with van der Waals surface area (Å²) in [6.07, 6.45) is 3.05. The molecular formula is C26H28F2N2. The Morgan fingerprint density at radius 3 is 2.67 bits per heavy atom. The SMILES string of the molecule is Cc1ccc(Cc2cccc3c2CCN(CC(C)(C)F)C3)cc1-c1ccc(F)cn1. The maximum Gasteiger partial charge on any atom is 0.141 e. The fourth-order valence-electron chi connectivity index (χ4n) is 4.39. The molecule has 4 heteroatoms. The first-order valence-corrected chi connectivity index (χ1v) is 10.5. The van der Waals surface area contributed by atoms with E-state index in [2.05, 4.69) is 53.2 Å². The first kappa shape index (κ1) is 20.7. The Bertz CT molecular complexity index is 1040. The van der Waals surface area contributed by atoms with Gasteiger partial charge in [-0.25, -0.2) is 8.78 Å². The number of aromatic nitrogens is 1. The maximum absolute atomic E-state index is 14.1. The minimum atomic E-state index is -1.18. The van der Waals surface area contributed by atoms with Crippen molar-refractivity contribution in [2.75, 3.05) is 13.1 Å². The normalized spacial score (nSPS) is 14.6. The Morgan fingerprint density at radius 1 is 1.10 bits per heavy atom. The molecule has 1 aliphatic rings. The molecule has 156 valence electrons. The van der Waals surface area contributed by atoms with Gasteiger partial charge < -0.3 is 0 Å². The van der Waals surface area contributed by atoms with Crippen molar-refractivity contribution in [2.24, 2.45) is 0 Å². The largest absolute Gasteiger partial charge is 0.296 e. The topological polar surface area (TPSA) is 16.1 Å². The van der Waals surface area contributed by atoms with Crippen molar-refractivity contribution in [1.29, 1.82) is 0 Å². The monoisotopic (exact) mass is 406 g/mol. The minimum Gasteiger partial charge on any atom is -0.296 e. The molecule has 2 aromatic carbocycles. The van der Waals surface area contributed by atoms with Gasteiger partial charge in [0.1, 0.15) is 11.5 Å². The summed E-state index contributed by atoms with van der Waals surface area (Å²) >= 11 is 0. The summed E-state index contributed by atoms with van der Waals surface area (Å²) in [4.78, 5) is 6.46. The molecule has 30 heavy (non-hydrogen) atoms. The average molecular weight is 407 g/mol. The van der Waals surface area contributed by atoms with Crippen molar-refractivity contribution < 1.29 is 8.78 Å². The summed E-state index contributed by atoms with van der Waals surface area (Å²) in [5.41, 5.74) is 7.00. The molecule has 1 aliphatic heterocycles. The molecule has 2 heterocycles. The molecule has 4 rings (SSSR count). The van der Waals surface area contributed by atoms with Gasteiger partial charge in [-0.3, -0.25) is 9.88 Å². The molecule has 0 spiro atoms. The van der Waals surface area contributed by atoms with Crippen LogP contribution in [0.15, 0.2) is 54.7 Å². The van der Waals surface area contributed by atoms with E-state index in [0.29, 0.717) is 6.54 Å². The van der Waals surface area contributed by atoms with E-state index in [1.165, 1.54) is 34.5 Å². The van der Waals surface area contributed by atoms with Crippen molar-refractivity contribution in [2.45, 2.75) is 45.8 Å². The summed E-state index contributed by atoms with van der Waals surface area (Å²) < 4.78 is 27.3. The quantitative estimate of drug-likeness (QED) is 0.525. The van der Waals surface area contributed by atoms with E-state index in [1.807, 2.05) is 0 Å². The lowest BCUT2D eigenvalue weighted by Gasteiger charge is -2.33. The zero-order chi connectivity index (χ0) is 21.3. The van der Waals surface area contributed by atoms with Gasteiger partial charge in [-0.15, -0.1) is 0 Å². The molecule has 0 saturated heterocycles. The van der Waals surface area contributed by atoms with Crippen molar-refractivity contribution in [1.82, 2.24) is 9.88 Å². The number of benzene rings is 2. The first-order valence-electron chi connectivity index (χ1n) is 10.5. The predicted octanol–water partition coefficient (Wildman–Crippen LogP) is 5.89. The van der Waals surface area contributed by atoms with Crippen LogP contribution < -0.4 is 0 Å². The fourth-order valence-corrected chi connectivity index (χ4v) is 4.39. The van der Waals surface area contributed by atoms with Crippen LogP contribution >= 0.6 is 0 Å². The summed E-state index contributed by atoms with van der Waals surface area (Å²) in [5, 5.41) is 0. The van der Waals surface area contributed by atoms with Crippen LogP contribution in [0.2, 0.25) is 0 Å². The smallest absolute Gasteiger partial charge is 0.141 e. The van der Waals surface area contributed by atoms with Crippen LogP contribution in [0.1, 0.15) is 41.7 Å². The fraction of sp³-hybridized carbons (Fsp3) is 0.346. The number of pyridine rings is 1. The van der Waals surface area contributed by atoms with Gasteiger partial charge in [0.15, 0.2) is 0 Å². The molecule has 1 aromatic heterocycles. The number of nitrogens with zero attached hydrogens (tertiary/aromatic N) is 2. The van der Waals surface area contributed by atoms with Gasteiger partial charge in [-0.2, -0.15) is 0 Å². The molecule has 0 amide bonds. The second kappa shape index (κ2) is 8.27. The summed E-state index contributed by atoms with van der Waals surface area (Å²) in [5.74, 6) is -0.325. The Balaban J connectivity index is 1.58. The van der Waals surface area contributed by atoms with Gasteiger partial charge in [-0.1, -0.05) is 30.3 Å². The molecule has 0 aliphatic carbocycles. The number of aryl methyl sites for hydroxylation is 1. The number of hydrogen-bond acceptors (Lipinski definition) is 2. The number of alkyl halides is 1. The second-order valence-corrected chi connectivity index (χ2v) is 8.92. The van der Waals surface area contributed by atoms with Crippen molar-refractivity contribution in [3.8, 4) is 11.3 Å². The molecule has 0 fully saturated rings. The highest BCUT2D eigenvalue weighted by atomic mass is 19.1. The number of halogens is 2. The van der Waals surface area contributed by atoms with Gasteiger partial charge in [0.25, 0.3) is 0 Å². The van der Waals surface area contributed by atoms with E-state index < -0.39 is 5.67 Å². The van der Waals surface area contributed by atoms with E-state index >= 15 is 0 Å². The van der Waals surface area contributed by atoms with Gasteiger partial charge in [0, 0.05) is 25.2 Å². The molecule has 2 nitrogen and oxygen atoms in total. The molecule has 0 radical (unpaired) electrons. The lowest BCUT2D eigenvalue weighted by atomic mass is 9.90. The van der Waals surface area contributed by atoms with Crippen LogP contribution in [0.3, 0.4) is 0 Å². The summed E-state index contributed by atoms with van der Waals surface area (Å²) in [7, 11) is 0. The highest BCUT2D eigenvalue weighted by Gasteiger charge is 2.25. The van der Waals surface area contributed by atoms with Crippen LogP contribution in [-0.4, -0.2) is 28.6 Å². The van der Waals surface area contributed by atoms with Crippen LogP contribution in [0.25, 0.3) is 11.3 Å². The zero-order valence-electron chi connectivity index (χ0n) is 17.9. The molecule has 3 aromatic rings. The Hall–Kier alpha value is -2.59. The standard InChI is InChI=1S/C26H28F2N2/c1-18-7-8-19(14-24(18)25-10-9-22(27)15-29-25)13-20-5-4-6-21-16-30(12-11-23(20)21)17-26(2,3)28/h4-10,14-15H,11-13,16-17H2,1-3H3. The van der Waals surface area contributed by atoms with E-state index in [0.717, 1.165) is 42.8 Å².